The molecule has 5 amide bonds. The molecule has 0 fully saturated rings. The first-order chi connectivity index (χ1) is 21.3. The van der Waals surface area contributed by atoms with Crippen molar-refractivity contribution < 1.29 is 41.8 Å². The number of likely N-dealkylation sites (N-methyl/N-ethyl adjacent to an activating group) is 1. The number of hydrogen-bond acceptors (Lipinski definition) is 5. The Morgan fingerprint density at radius 2 is 1.64 bits per heavy atom. The number of amides is 5. The van der Waals surface area contributed by atoms with Gasteiger partial charge < -0.3 is 35.6 Å². The number of aliphatic hydroxyl groups excluding tert-OH is 1. The third-order valence-electron chi connectivity index (χ3n) is 7.31. The lowest BCUT2D eigenvalue weighted by atomic mass is 9.99. The number of fused-ring (bicyclic) bond motifs is 1. The van der Waals surface area contributed by atoms with Crippen LogP contribution in [0.5, 0.6) is 5.75 Å². The van der Waals surface area contributed by atoms with Crippen LogP contribution in [-0.4, -0.2) is 71.8 Å². The van der Waals surface area contributed by atoms with E-state index in [9.17, 15) is 37.1 Å². The van der Waals surface area contributed by atoms with Crippen LogP contribution in [0.2, 0.25) is 0 Å². The van der Waals surface area contributed by atoms with Crippen molar-refractivity contribution in [3.8, 4) is 5.75 Å². The van der Waals surface area contributed by atoms with E-state index in [0.717, 1.165) is 24.3 Å². The van der Waals surface area contributed by atoms with Gasteiger partial charge >= 0.3 is 18.2 Å². The normalized spacial score (nSPS) is 17.2. The van der Waals surface area contributed by atoms with Crippen LogP contribution < -0.4 is 20.7 Å². The number of halogens is 4. The topological polar surface area (TPSA) is 123 Å². The molecule has 0 saturated heterocycles. The molecule has 10 nitrogen and oxygen atoms in total. The first-order valence-corrected chi connectivity index (χ1v) is 14.0. The van der Waals surface area contributed by atoms with Gasteiger partial charge in [-0.25, -0.2) is 14.0 Å². The van der Waals surface area contributed by atoms with Gasteiger partial charge in [-0.15, -0.1) is 0 Å². The molecule has 0 saturated carbocycles. The minimum absolute atomic E-state index is 0.0152. The number of para-hydroxylation sites is 1. The fourth-order valence-electron chi connectivity index (χ4n) is 4.69. The number of aliphatic hydroxyl groups is 1. The van der Waals surface area contributed by atoms with Gasteiger partial charge in [-0.1, -0.05) is 13.0 Å². The average molecular weight is 632 g/mol. The highest BCUT2D eigenvalue weighted by atomic mass is 19.4. The molecule has 0 aliphatic carbocycles. The van der Waals surface area contributed by atoms with Crippen molar-refractivity contribution in [3.63, 3.8) is 0 Å². The van der Waals surface area contributed by atoms with Crippen molar-refractivity contribution >= 4 is 35.0 Å². The van der Waals surface area contributed by atoms with E-state index < -0.39 is 53.6 Å². The fourth-order valence-corrected chi connectivity index (χ4v) is 4.69. The van der Waals surface area contributed by atoms with Crippen molar-refractivity contribution in [1.82, 2.24) is 9.80 Å². The Hall–Kier alpha value is -4.85. The first kappa shape index (κ1) is 33.1. The molecule has 1 aliphatic heterocycles. The summed E-state index contributed by atoms with van der Waals surface area (Å²) in [5.41, 5.74) is -0.114. The molecule has 1 aliphatic rings. The molecule has 3 aromatic carbocycles. The van der Waals surface area contributed by atoms with Crippen molar-refractivity contribution in [3.05, 3.63) is 83.7 Å². The minimum Gasteiger partial charge on any atom is -0.485 e. The SMILES string of the molecule is C[C@@H]1CN([C@H](C)CO)C(=O)c2cccc(NC(=O)Nc3ccc(F)cc3)c2O[C@H]1CN(C)C(=O)Nc1ccc(C(F)(F)F)cc1. The van der Waals surface area contributed by atoms with Crippen molar-refractivity contribution in [2.45, 2.75) is 32.2 Å². The maximum absolute atomic E-state index is 13.6. The maximum Gasteiger partial charge on any atom is 0.416 e. The Bertz CT molecular complexity index is 1520. The Balaban J connectivity index is 1.58. The summed E-state index contributed by atoms with van der Waals surface area (Å²) >= 11 is 0. The number of carbonyl (C=O) groups excluding carboxylic acids is 3. The van der Waals surface area contributed by atoms with Gasteiger partial charge in [-0.05, 0) is 67.6 Å². The summed E-state index contributed by atoms with van der Waals surface area (Å²) in [6.07, 6.45) is -5.25. The van der Waals surface area contributed by atoms with Crippen LogP contribution in [0.25, 0.3) is 0 Å². The molecule has 0 bridgehead atoms. The number of anilines is 3. The molecule has 0 aromatic heterocycles. The van der Waals surface area contributed by atoms with Crippen LogP contribution in [0.4, 0.5) is 44.2 Å². The molecule has 240 valence electrons. The quantitative estimate of drug-likeness (QED) is 0.243. The molecule has 0 radical (unpaired) electrons. The smallest absolute Gasteiger partial charge is 0.416 e. The molecule has 14 heteroatoms. The number of nitrogens with one attached hydrogen (secondary N) is 3. The van der Waals surface area contributed by atoms with E-state index in [1.165, 1.54) is 53.2 Å². The Morgan fingerprint density at radius 1 is 1.02 bits per heavy atom. The number of hydrogen-bond donors (Lipinski definition) is 4. The monoisotopic (exact) mass is 631 g/mol. The third-order valence-corrected chi connectivity index (χ3v) is 7.31. The van der Waals surface area contributed by atoms with Crippen molar-refractivity contribution in [2.24, 2.45) is 5.92 Å². The van der Waals surface area contributed by atoms with Gasteiger partial charge in [0.25, 0.3) is 5.91 Å². The van der Waals surface area contributed by atoms with E-state index in [1.807, 2.05) is 0 Å². The lowest BCUT2D eigenvalue weighted by molar-refractivity contribution is -0.137. The van der Waals surface area contributed by atoms with Gasteiger partial charge in [0.1, 0.15) is 11.9 Å². The summed E-state index contributed by atoms with van der Waals surface area (Å²) in [5.74, 6) is -1.26. The van der Waals surface area contributed by atoms with Gasteiger partial charge in [0, 0.05) is 30.9 Å². The molecule has 3 atom stereocenters. The largest absolute Gasteiger partial charge is 0.485 e. The van der Waals surface area contributed by atoms with E-state index in [-0.39, 0.29) is 42.4 Å². The minimum atomic E-state index is -4.51. The number of alkyl halides is 3. The zero-order chi connectivity index (χ0) is 32.9. The van der Waals surface area contributed by atoms with Crippen molar-refractivity contribution in [1.29, 1.82) is 0 Å². The molecule has 3 aromatic rings. The van der Waals surface area contributed by atoms with E-state index >= 15 is 0 Å². The van der Waals surface area contributed by atoms with Crippen LogP contribution in [0, 0.1) is 11.7 Å². The van der Waals surface area contributed by atoms with Crippen LogP contribution in [0.3, 0.4) is 0 Å². The van der Waals surface area contributed by atoms with Gasteiger partial charge in [-0.2, -0.15) is 13.2 Å². The molecular formula is C31H33F4N5O5. The maximum atomic E-state index is 13.6. The molecule has 45 heavy (non-hydrogen) atoms. The van der Waals surface area contributed by atoms with Crippen molar-refractivity contribution in [2.75, 3.05) is 42.7 Å². The Labute approximate surface area is 257 Å². The first-order valence-electron chi connectivity index (χ1n) is 14.0. The second-order valence-electron chi connectivity index (χ2n) is 10.8. The second-order valence-corrected chi connectivity index (χ2v) is 10.8. The molecule has 1 heterocycles. The zero-order valence-corrected chi connectivity index (χ0v) is 24.7. The zero-order valence-electron chi connectivity index (χ0n) is 24.7. The van der Waals surface area contributed by atoms with Crippen LogP contribution in [-0.2, 0) is 6.18 Å². The number of urea groups is 2. The highest BCUT2D eigenvalue weighted by Gasteiger charge is 2.35. The highest BCUT2D eigenvalue weighted by molar-refractivity contribution is 6.04. The summed E-state index contributed by atoms with van der Waals surface area (Å²) in [7, 11) is 1.48. The van der Waals surface area contributed by atoms with Crippen LogP contribution in [0.1, 0.15) is 29.8 Å². The van der Waals surface area contributed by atoms with Gasteiger partial charge in [0.15, 0.2) is 5.75 Å². The predicted octanol–water partition coefficient (Wildman–Crippen LogP) is 5.87. The number of rotatable bonds is 7. The summed E-state index contributed by atoms with van der Waals surface area (Å²) in [5, 5.41) is 17.7. The van der Waals surface area contributed by atoms with Crippen LogP contribution in [0.15, 0.2) is 66.7 Å². The molecule has 4 N–H and O–H groups in total. The second kappa shape index (κ2) is 13.8. The standard InChI is InChI=1S/C31H33F4N5O5/c1-18-15-40(19(2)17-41)28(42)24-5-4-6-25(38-29(43)36-22-13-9-21(32)10-14-22)27(24)45-26(18)16-39(3)30(44)37-23-11-7-20(8-12-23)31(33,34)35/h4-14,18-19,26,41H,15-17H2,1-3H3,(H,37,44)(H2,36,38,43)/t18-,19-,26+/m1/s1. The average Bonchev–Trinajstić information content (AvgIpc) is 2.99. The molecule has 4 rings (SSSR count). The number of carbonyl (C=O) groups is 3. The lowest BCUT2D eigenvalue weighted by Crippen LogP contribution is -2.50. The van der Waals surface area contributed by atoms with E-state index in [2.05, 4.69) is 16.0 Å². The third kappa shape index (κ3) is 8.20. The highest BCUT2D eigenvalue weighted by Crippen LogP contribution is 2.35. The van der Waals surface area contributed by atoms with Gasteiger partial charge in [0.05, 0.1) is 36.0 Å². The summed E-state index contributed by atoms with van der Waals surface area (Å²) < 4.78 is 58.4. The van der Waals surface area contributed by atoms with E-state index in [0.29, 0.717) is 5.69 Å². The number of nitrogens with zero attached hydrogens (tertiary/aromatic N) is 2. The number of ether oxygens (including phenoxy) is 1. The molecular weight excluding hydrogens is 598 g/mol. The molecule has 0 unspecified atom stereocenters. The molecule has 0 spiro atoms. The summed E-state index contributed by atoms with van der Waals surface area (Å²) in [4.78, 5) is 42.3. The fraction of sp³-hybridized carbons (Fsp3) is 0.323. The lowest BCUT2D eigenvalue weighted by Gasteiger charge is -2.38. The van der Waals surface area contributed by atoms with Crippen LogP contribution >= 0.6 is 0 Å². The Kier molecular flexibility index (Phi) is 10.2. The summed E-state index contributed by atoms with van der Waals surface area (Å²) in [6, 6.07) is 11.9. The predicted molar refractivity (Wildman–Crippen MR) is 160 cm³/mol. The van der Waals surface area contributed by atoms with Gasteiger partial charge in [-0.3, -0.25) is 4.79 Å². The summed E-state index contributed by atoms with van der Waals surface area (Å²) in [6.45, 7) is 3.33. The number of benzene rings is 3. The van der Waals surface area contributed by atoms with Gasteiger partial charge in [0.2, 0.25) is 0 Å². The van der Waals surface area contributed by atoms with E-state index in [4.69, 9.17) is 4.74 Å². The van der Waals surface area contributed by atoms with E-state index in [1.54, 1.807) is 19.9 Å². The Morgan fingerprint density at radius 3 is 2.27 bits per heavy atom.